The summed E-state index contributed by atoms with van der Waals surface area (Å²) in [4.78, 5) is 13.3. The summed E-state index contributed by atoms with van der Waals surface area (Å²) >= 11 is 0. The highest BCUT2D eigenvalue weighted by Gasteiger charge is 2.53. The van der Waals surface area contributed by atoms with Crippen LogP contribution in [-0.2, 0) is 33.2 Å². The Hall–Kier alpha value is -2.77. The minimum atomic E-state index is -1.98. The van der Waals surface area contributed by atoms with Gasteiger partial charge >= 0.3 is 0 Å². The highest BCUT2D eigenvalue weighted by Crippen LogP contribution is 2.33. The van der Waals surface area contributed by atoms with Gasteiger partial charge in [-0.2, -0.15) is 0 Å². The molecule has 0 saturated carbocycles. The van der Waals surface area contributed by atoms with E-state index < -0.39 is 124 Å². The van der Waals surface area contributed by atoms with Gasteiger partial charge in [0.2, 0.25) is 5.91 Å². The van der Waals surface area contributed by atoms with Gasteiger partial charge in [-0.15, -0.1) is 0 Å². The third-order valence-electron chi connectivity index (χ3n) is 14.9. The summed E-state index contributed by atoms with van der Waals surface area (Å²) in [5, 5.41) is 120. The number of nitrogens with one attached hydrogen (secondary N) is 1. The molecule has 0 aromatic heterocycles. The molecule has 3 rings (SSSR count). The molecule has 0 radical (unpaired) electrons. The minimum Gasteiger partial charge on any atom is -0.394 e. The van der Waals surface area contributed by atoms with Crippen molar-refractivity contribution in [2.24, 2.45) is 0 Å². The maximum Gasteiger partial charge on any atom is 0.220 e. The Morgan fingerprint density at radius 3 is 1.36 bits per heavy atom. The van der Waals surface area contributed by atoms with E-state index in [1.54, 1.807) is 6.08 Å². The monoisotopic (exact) mass is 1150 g/mol. The van der Waals surface area contributed by atoms with Crippen LogP contribution in [0.15, 0.2) is 72.9 Å². The molecule has 17 atom stereocenters. The number of amides is 1. The van der Waals surface area contributed by atoms with E-state index in [1.807, 2.05) is 6.08 Å². The van der Waals surface area contributed by atoms with Crippen LogP contribution in [0.2, 0.25) is 0 Å². The van der Waals surface area contributed by atoms with Crippen molar-refractivity contribution in [2.45, 2.75) is 285 Å². The van der Waals surface area contributed by atoms with Crippen molar-refractivity contribution in [2.75, 3.05) is 26.4 Å². The zero-order valence-electron chi connectivity index (χ0n) is 48.7. The lowest BCUT2D eigenvalue weighted by molar-refractivity contribution is -0.379. The number of unbranched alkanes of at least 4 members (excludes halogenated alkanes) is 18. The van der Waals surface area contributed by atoms with Crippen molar-refractivity contribution in [3.63, 3.8) is 0 Å². The van der Waals surface area contributed by atoms with E-state index in [2.05, 4.69) is 79.9 Å². The second-order valence-electron chi connectivity index (χ2n) is 21.8. The number of carbonyl (C=O) groups excluding carboxylic acids is 1. The average molecular weight is 1150 g/mol. The predicted octanol–water partition coefficient (Wildman–Crippen LogP) is 5.82. The lowest BCUT2D eigenvalue weighted by Crippen LogP contribution is -2.66. The lowest BCUT2D eigenvalue weighted by atomic mass is 9.96. The summed E-state index contributed by atoms with van der Waals surface area (Å²) in [6.45, 7) is 1.58. The van der Waals surface area contributed by atoms with Gasteiger partial charge in [0.1, 0.15) is 73.2 Å². The Bertz CT molecular complexity index is 1760. The molecule has 3 saturated heterocycles. The Morgan fingerprint density at radius 2 is 0.852 bits per heavy atom. The Labute approximate surface area is 483 Å². The van der Waals surface area contributed by atoms with E-state index >= 15 is 0 Å². The molecule has 3 aliphatic heterocycles. The van der Waals surface area contributed by atoms with Gasteiger partial charge in [-0.3, -0.25) is 4.79 Å². The highest BCUT2D eigenvalue weighted by atomic mass is 16.8. The molecule has 19 heteroatoms. The van der Waals surface area contributed by atoms with Crippen molar-refractivity contribution >= 4 is 5.91 Å². The van der Waals surface area contributed by atoms with E-state index in [9.17, 15) is 61.0 Å². The lowest BCUT2D eigenvalue weighted by Gasteiger charge is -2.48. The highest BCUT2D eigenvalue weighted by molar-refractivity contribution is 5.76. The van der Waals surface area contributed by atoms with Crippen molar-refractivity contribution < 1.29 is 89.4 Å². The molecule has 0 bridgehead atoms. The van der Waals surface area contributed by atoms with Crippen molar-refractivity contribution in [3.05, 3.63) is 72.9 Å². The van der Waals surface area contributed by atoms with Crippen LogP contribution in [0.3, 0.4) is 0 Å². The zero-order valence-corrected chi connectivity index (χ0v) is 48.7. The summed E-state index contributed by atoms with van der Waals surface area (Å²) in [6.07, 6.45) is 26.1. The molecule has 19 nitrogen and oxygen atoms in total. The van der Waals surface area contributed by atoms with Crippen LogP contribution in [0.25, 0.3) is 0 Å². The van der Waals surface area contributed by atoms with E-state index in [4.69, 9.17) is 28.4 Å². The number of rotatable bonds is 44. The molecular formula is C62H107NO18. The standard InChI is InChI=1S/C62H107NO18/c1-3-5-7-9-11-13-15-16-17-18-19-20-21-22-23-24-25-26-27-28-30-32-34-36-38-40-50(68)63-45(46(67)39-37-35-33-31-29-14-12-10-8-6-4-2)44-76-60-56(74)53(71)58(48(42-65)78-60)81-62-57(75)54(72)59(49(43-66)79-62)80-61-55(73)52(70)51(69)47(41-64)77-61/h8,10,15-16,18-19,21-22,29,31,37,39,45-49,51-62,64-67,69-75H,3-7,9,11-14,17,20,23-28,30,32-36,38,40-44H2,1-2H3,(H,63,68)/b10-8+,16-15-,19-18-,22-21-,31-29+,39-37+. The molecule has 1 amide bonds. The zero-order chi connectivity index (χ0) is 59.0. The SMILES string of the molecule is CCC/C=C/CC/C=C/CC/C=C/C(O)C(COC1OC(CO)C(OC2OC(CO)C(OC3OC(CO)C(O)C(O)C3O)C(O)C2O)C(O)C1O)NC(=O)CCCCCCCCCCCC/C=C\C/C=C\C/C=C\CCCCCCC. The van der Waals surface area contributed by atoms with Crippen LogP contribution in [0.4, 0.5) is 0 Å². The molecule has 3 fully saturated rings. The first-order chi connectivity index (χ1) is 39.3. The molecule has 0 aromatic rings. The number of hydrogen-bond acceptors (Lipinski definition) is 18. The first kappa shape index (κ1) is 72.5. The molecule has 17 unspecified atom stereocenters. The van der Waals surface area contributed by atoms with Crippen molar-refractivity contribution in [1.82, 2.24) is 5.32 Å². The fourth-order valence-corrected chi connectivity index (χ4v) is 9.88. The second kappa shape index (κ2) is 44.7. The third kappa shape index (κ3) is 28.3. The summed E-state index contributed by atoms with van der Waals surface area (Å²) in [7, 11) is 0. The largest absolute Gasteiger partial charge is 0.394 e. The van der Waals surface area contributed by atoms with Gasteiger partial charge in [0.05, 0.1) is 38.6 Å². The van der Waals surface area contributed by atoms with Crippen LogP contribution in [0.5, 0.6) is 0 Å². The Morgan fingerprint density at radius 1 is 0.444 bits per heavy atom. The fourth-order valence-electron chi connectivity index (χ4n) is 9.88. The quantitative estimate of drug-likeness (QED) is 0.0253. The molecule has 0 spiro atoms. The number of ether oxygens (including phenoxy) is 6. The van der Waals surface area contributed by atoms with Crippen molar-refractivity contribution in [3.8, 4) is 0 Å². The van der Waals surface area contributed by atoms with E-state index in [0.29, 0.717) is 12.8 Å². The first-order valence-corrected chi connectivity index (χ1v) is 30.7. The maximum absolute atomic E-state index is 13.3. The molecular weight excluding hydrogens is 1050 g/mol. The topological polar surface area (TPSA) is 307 Å². The Balaban J connectivity index is 1.45. The summed E-state index contributed by atoms with van der Waals surface area (Å²) < 4.78 is 34.2. The van der Waals surface area contributed by atoms with Gasteiger partial charge in [0, 0.05) is 6.42 Å². The van der Waals surface area contributed by atoms with E-state index in [1.165, 1.54) is 70.6 Å². The minimum absolute atomic E-state index is 0.223. The average Bonchev–Trinajstić information content (AvgIpc) is 3.57. The number of aliphatic hydroxyl groups is 11. The number of hydrogen-bond donors (Lipinski definition) is 12. The molecule has 0 aliphatic carbocycles. The number of aliphatic hydroxyl groups excluding tert-OH is 11. The van der Waals surface area contributed by atoms with Gasteiger partial charge in [0.25, 0.3) is 0 Å². The first-order valence-electron chi connectivity index (χ1n) is 30.7. The van der Waals surface area contributed by atoms with E-state index in [0.717, 1.165) is 77.0 Å². The normalized spacial score (nSPS) is 30.3. The van der Waals surface area contributed by atoms with Gasteiger partial charge in [-0.05, 0) is 77.0 Å². The fraction of sp³-hybridized carbons (Fsp3) is 0.790. The maximum atomic E-state index is 13.3. The van der Waals surface area contributed by atoms with Crippen LogP contribution >= 0.6 is 0 Å². The number of allylic oxidation sites excluding steroid dienone is 11. The molecule has 468 valence electrons. The molecule has 81 heavy (non-hydrogen) atoms. The van der Waals surface area contributed by atoms with E-state index in [-0.39, 0.29) is 18.9 Å². The van der Waals surface area contributed by atoms with Gasteiger partial charge in [-0.1, -0.05) is 170 Å². The molecule has 0 aromatic carbocycles. The predicted molar refractivity (Wildman–Crippen MR) is 309 cm³/mol. The van der Waals surface area contributed by atoms with Gasteiger partial charge in [0.15, 0.2) is 18.9 Å². The smallest absolute Gasteiger partial charge is 0.220 e. The van der Waals surface area contributed by atoms with Gasteiger partial charge in [-0.25, -0.2) is 0 Å². The van der Waals surface area contributed by atoms with Crippen LogP contribution in [0.1, 0.15) is 181 Å². The third-order valence-corrected chi connectivity index (χ3v) is 14.9. The van der Waals surface area contributed by atoms with Crippen molar-refractivity contribution in [1.29, 1.82) is 0 Å². The summed E-state index contributed by atoms with van der Waals surface area (Å²) in [5.41, 5.74) is 0. The second-order valence-corrected chi connectivity index (χ2v) is 21.8. The summed E-state index contributed by atoms with van der Waals surface area (Å²) in [6, 6.07) is -1.00. The molecule has 3 heterocycles. The van der Waals surface area contributed by atoms with Crippen LogP contribution in [-0.4, -0.2) is 193 Å². The molecule has 12 N–H and O–H groups in total. The molecule has 3 aliphatic rings. The summed E-state index contributed by atoms with van der Waals surface area (Å²) in [5.74, 6) is -0.299. The Kier molecular flexibility index (Phi) is 40.0. The van der Waals surface area contributed by atoms with Gasteiger partial charge < -0.3 is 89.9 Å². The van der Waals surface area contributed by atoms with Crippen LogP contribution < -0.4 is 5.32 Å². The number of carbonyl (C=O) groups is 1. The van der Waals surface area contributed by atoms with Crippen LogP contribution in [0, 0.1) is 0 Å².